The van der Waals surface area contributed by atoms with Crippen LogP contribution in [-0.4, -0.2) is 69.2 Å². The summed E-state index contributed by atoms with van der Waals surface area (Å²) in [7, 11) is -4.41. The Morgan fingerprint density at radius 2 is 0.694 bits per heavy atom. The number of phosphoric ester groups is 1. The van der Waals surface area contributed by atoms with Crippen LogP contribution in [0.3, 0.4) is 0 Å². The molecule has 0 spiro atoms. The highest BCUT2D eigenvalue weighted by molar-refractivity contribution is 7.46. The van der Waals surface area contributed by atoms with E-state index in [1.54, 1.807) is 0 Å². The molecule has 8 nitrogen and oxygen atoms in total. The Hall–Kier alpha value is -0.0500. The Morgan fingerprint density at radius 3 is 1.03 bits per heavy atom. The summed E-state index contributed by atoms with van der Waals surface area (Å²) in [6, 6.07) is 0. The van der Waals surface area contributed by atoms with Crippen molar-refractivity contribution >= 4 is 7.82 Å². The quantitative estimate of drug-likeness (QED) is 0.0730. The zero-order chi connectivity index (χ0) is 26.4. The summed E-state index contributed by atoms with van der Waals surface area (Å²) < 4.78 is 36.3. The first-order valence-corrected chi connectivity index (χ1v) is 16.1. The van der Waals surface area contributed by atoms with Gasteiger partial charge in [0.2, 0.25) is 0 Å². The van der Waals surface area contributed by atoms with Crippen LogP contribution >= 0.6 is 7.82 Å². The fourth-order valence-electron chi connectivity index (χ4n) is 3.91. The van der Waals surface area contributed by atoms with Gasteiger partial charge in [-0.05, 0) is 6.42 Å². The molecule has 0 fully saturated rings. The van der Waals surface area contributed by atoms with Crippen molar-refractivity contribution in [1.29, 1.82) is 0 Å². The van der Waals surface area contributed by atoms with Crippen LogP contribution in [0, 0.1) is 0 Å². The predicted octanol–water partition coefficient (Wildman–Crippen LogP) is 6.81. The third kappa shape index (κ3) is 34.0. The summed E-state index contributed by atoms with van der Waals surface area (Å²) in [5.41, 5.74) is 0. The minimum absolute atomic E-state index is 0.113. The van der Waals surface area contributed by atoms with Crippen molar-refractivity contribution in [3.63, 3.8) is 0 Å². The SMILES string of the molecule is CCCCCCCCCCCCCCCCCCCOCCOCCOCCOCCOP(=O)(O)O. The second-order valence-corrected chi connectivity index (χ2v) is 10.7. The lowest BCUT2D eigenvalue weighted by atomic mass is 10.0. The van der Waals surface area contributed by atoms with Gasteiger partial charge in [-0.15, -0.1) is 0 Å². The maximum absolute atomic E-state index is 10.5. The van der Waals surface area contributed by atoms with Crippen molar-refractivity contribution in [2.75, 3.05) is 59.5 Å². The van der Waals surface area contributed by atoms with Crippen LogP contribution in [0.15, 0.2) is 0 Å². The molecule has 0 saturated carbocycles. The highest BCUT2D eigenvalue weighted by Gasteiger charge is 2.12. The molecule has 0 atom stereocenters. The fraction of sp³-hybridized carbons (Fsp3) is 1.00. The lowest BCUT2D eigenvalue weighted by Gasteiger charge is -2.08. The van der Waals surface area contributed by atoms with E-state index in [-0.39, 0.29) is 13.2 Å². The number of rotatable bonds is 31. The molecule has 0 radical (unpaired) electrons. The average molecular weight is 541 g/mol. The summed E-state index contributed by atoms with van der Waals surface area (Å²) >= 11 is 0. The van der Waals surface area contributed by atoms with Gasteiger partial charge in [0, 0.05) is 6.61 Å². The molecule has 36 heavy (non-hydrogen) atoms. The molecule has 0 heterocycles. The van der Waals surface area contributed by atoms with E-state index in [0.29, 0.717) is 39.6 Å². The van der Waals surface area contributed by atoms with Crippen molar-refractivity contribution in [2.24, 2.45) is 0 Å². The van der Waals surface area contributed by atoms with Crippen LogP contribution < -0.4 is 0 Å². The number of ether oxygens (including phenoxy) is 4. The van der Waals surface area contributed by atoms with Gasteiger partial charge in [-0.3, -0.25) is 4.52 Å². The van der Waals surface area contributed by atoms with Gasteiger partial charge in [-0.25, -0.2) is 4.57 Å². The van der Waals surface area contributed by atoms with Gasteiger partial charge in [-0.1, -0.05) is 110 Å². The van der Waals surface area contributed by atoms with Crippen molar-refractivity contribution in [2.45, 2.75) is 116 Å². The molecule has 2 N–H and O–H groups in total. The Kier molecular flexibility index (Phi) is 29.5. The molecular weight excluding hydrogens is 483 g/mol. The lowest BCUT2D eigenvalue weighted by Crippen LogP contribution is -2.13. The van der Waals surface area contributed by atoms with E-state index < -0.39 is 7.82 Å². The van der Waals surface area contributed by atoms with Crippen LogP contribution in [0.25, 0.3) is 0 Å². The van der Waals surface area contributed by atoms with Crippen LogP contribution in [-0.2, 0) is 28.0 Å². The first kappa shape index (κ1) is 35.9. The average Bonchev–Trinajstić information content (AvgIpc) is 2.84. The number of phosphoric acid groups is 1. The predicted molar refractivity (Wildman–Crippen MR) is 145 cm³/mol. The van der Waals surface area contributed by atoms with Gasteiger partial charge < -0.3 is 28.7 Å². The van der Waals surface area contributed by atoms with Gasteiger partial charge in [0.15, 0.2) is 0 Å². The van der Waals surface area contributed by atoms with Crippen molar-refractivity contribution in [3.05, 3.63) is 0 Å². The molecule has 0 bridgehead atoms. The van der Waals surface area contributed by atoms with Crippen molar-refractivity contribution in [1.82, 2.24) is 0 Å². The van der Waals surface area contributed by atoms with Crippen molar-refractivity contribution in [3.8, 4) is 0 Å². The Morgan fingerprint density at radius 1 is 0.417 bits per heavy atom. The van der Waals surface area contributed by atoms with Gasteiger partial charge in [0.25, 0.3) is 0 Å². The smallest absolute Gasteiger partial charge is 0.379 e. The standard InChI is InChI=1S/C27H57O8P/c1-2-3-4-5-6-7-8-9-10-11-12-13-14-15-16-17-18-19-31-20-21-32-22-23-33-24-25-34-26-27-35-36(28,29)30/h2-27H2,1H3,(H2,28,29,30). The molecule has 0 rings (SSSR count). The molecule has 0 aromatic heterocycles. The van der Waals surface area contributed by atoms with E-state index in [9.17, 15) is 4.57 Å². The molecular formula is C27H57O8P. The van der Waals surface area contributed by atoms with Crippen LogP contribution in [0.4, 0.5) is 0 Å². The van der Waals surface area contributed by atoms with Gasteiger partial charge >= 0.3 is 7.82 Å². The number of hydrogen-bond acceptors (Lipinski definition) is 6. The molecule has 0 aromatic carbocycles. The van der Waals surface area contributed by atoms with Gasteiger partial charge in [0.05, 0.1) is 52.9 Å². The summed E-state index contributed by atoms with van der Waals surface area (Å²) in [5.74, 6) is 0. The molecule has 0 aliphatic carbocycles. The maximum atomic E-state index is 10.5. The van der Waals surface area contributed by atoms with E-state index in [1.165, 1.54) is 103 Å². The molecule has 0 saturated heterocycles. The minimum Gasteiger partial charge on any atom is -0.379 e. The Bertz CT molecular complexity index is 461. The molecule has 0 amide bonds. The Balaban J connectivity index is 3.04. The first-order valence-electron chi connectivity index (χ1n) is 14.6. The number of unbranched alkanes of at least 4 members (excludes halogenated alkanes) is 16. The molecule has 0 unspecified atom stereocenters. The summed E-state index contributed by atoms with van der Waals surface area (Å²) in [4.78, 5) is 17.0. The molecule has 218 valence electrons. The van der Waals surface area contributed by atoms with E-state index in [4.69, 9.17) is 28.7 Å². The largest absolute Gasteiger partial charge is 0.469 e. The Labute approximate surface area is 221 Å². The topological polar surface area (TPSA) is 104 Å². The zero-order valence-corrected chi connectivity index (χ0v) is 24.1. The monoisotopic (exact) mass is 540 g/mol. The first-order chi connectivity index (χ1) is 17.6. The van der Waals surface area contributed by atoms with E-state index >= 15 is 0 Å². The second-order valence-electron chi connectivity index (χ2n) is 9.43. The summed E-state index contributed by atoms with van der Waals surface area (Å²) in [6.45, 7) is 5.95. The molecule has 9 heteroatoms. The normalized spacial score (nSPS) is 12.0. The summed E-state index contributed by atoms with van der Waals surface area (Å²) in [5, 5.41) is 0. The fourth-order valence-corrected chi connectivity index (χ4v) is 4.22. The highest BCUT2D eigenvalue weighted by Crippen LogP contribution is 2.35. The van der Waals surface area contributed by atoms with Crippen molar-refractivity contribution < 1.29 is 37.8 Å². The van der Waals surface area contributed by atoms with Crippen LogP contribution in [0.1, 0.15) is 116 Å². The zero-order valence-electron chi connectivity index (χ0n) is 23.2. The maximum Gasteiger partial charge on any atom is 0.469 e. The second kappa shape index (κ2) is 29.5. The minimum atomic E-state index is -4.41. The molecule has 0 aromatic rings. The third-order valence-electron chi connectivity index (χ3n) is 6.00. The third-order valence-corrected chi connectivity index (χ3v) is 6.51. The van der Waals surface area contributed by atoms with E-state index in [0.717, 1.165) is 13.0 Å². The van der Waals surface area contributed by atoms with Gasteiger partial charge in [-0.2, -0.15) is 0 Å². The summed E-state index contributed by atoms with van der Waals surface area (Å²) in [6.07, 6.45) is 23.5. The van der Waals surface area contributed by atoms with E-state index in [2.05, 4.69) is 11.4 Å². The number of hydrogen-bond donors (Lipinski definition) is 2. The molecule has 0 aliphatic rings. The van der Waals surface area contributed by atoms with Gasteiger partial charge in [0.1, 0.15) is 0 Å². The van der Waals surface area contributed by atoms with Crippen LogP contribution in [0.2, 0.25) is 0 Å². The lowest BCUT2D eigenvalue weighted by molar-refractivity contribution is -0.00578. The van der Waals surface area contributed by atoms with Crippen LogP contribution in [0.5, 0.6) is 0 Å². The molecule has 0 aliphatic heterocycles. The van der Waals surface area contributed by atoms with E-state index in [1.807, 2.05) is 0 Å². The highest BCUT2D eigenvalue weighted by atomic mass is 31.2.